The average Bonchev–Trinajstić information content (AvgIpc) is 2.18. The predicted molar refractivity (Wildman–Crippen MR) is 64.3 cm³/mol. The second kappa shape index (κ2) is 4.41. The number of rotatable bonds is 2. The Morgan fingerprint density at radius 3 is 2.60 bits per heavy atom. The zero-order valence-electron chi connectivity index (χ0n) is 10.3. The summed E-state index contributed by atoms with van der Waals surface area (Å²) in [5.41, 5.74) is -0.535. The lowest BCUT2D eigenvalue weighted by Gasteiger charge is -2.36. The van der Waals surface area contributed by atoms with E-state index in [9.17, 15) is 5.11 Å². The highest BCUT2D eigenvalue weighted by molar-refractivity contribution is 5.25. The Kier molecular flexibility index (Phi) is 3.62. The van der Waals surface area contributed by atoms with E-state index < -0.39 is 5.60 Å². The van der Waals surface area contributed by atoms with E-state index in [0.29, 0.717) is 11.3 Å². The summed E-state index contributed by atoms with van der Waals surface area (Å²) in [5.74, 6) is 6.23. The van der Waals surface area contributed by atoms with Gasteiger partial charge in [-0.15, -0.1) is 5.92 Å². The first-order chi connectivity index (χ1) is 6.93. The molecule has 1 aliphatic carbocycles. The lowest BCUT2D eigenvalue weighted by atomic mass is 9.70. The van der Waals surface area contributed by atoms with Crippen LogP contribution in [-0.2, 0) is 0 Å². The largest absolute Gasteiger partial charge is 0.374 e. The molecule has 1 heteroatoms. The fourth-order valence-electron chi connectivity index (χ4n) is 2.06. The minimum atomic E-state index is -0.866. The predicted octanol–water partition coefficient (Wildman–Crippen LogP) is 3.14. The average molecular weight is 206 g/mol. The molecule has 1 N–H and O–H groups in total. The molecule has 0 radical (unpaired) electrons. The van der Waals surface area contributed by atoms with Gasteiger partial charge in [0.25, 0.3) is 0 Å². The smallest absolute Gasteiger partial charge is 0.144 e. The highest BCUT2D eigenvalue weighted by Crippen LogP contribution is 2.39. The summed E-state index contributed by atoms with van der Waals surface area (Å²) in [5, 5.41) is 10.1. The topological polar surface area (TPSA) is 20.2 Å². The van der Waals surface area contributed by atoms with Crippen LogP contribution in [0.5, 0.6) is 0 Å². The molecule has 84 valence electrons. The summed E-state index contributed by atoms with van der Waals surface area (Å²) in [4.78, 5) is 0. The van der Waals surface area contributed by atoms with Crippen molar-refractivity contribution in [3.63, 3.8) is 0 Å². The summed E-state index contributed by atoms with van der Waals surface area (Å²) < 4.78 is 0. The van der Waals surface area contributed by atoms with Crippen molar-refractivity contribution in [2.75, 3.05) is 0 Å². The molecule has 0 fully saturated rings. The van der Waals surface area contributed by atoms with Crippen LogP contribution in [0.4, 0.5) is 0 Å². The third-order valence-corrected chi connectivity index (χ3v) is 3.70. The SMILES string of the molecule is CC#CC1(O)C=CC(C(C)(C)CC)CC1. The van der Waals surface area contributed by atoms with Gasteiger partial charge in [0.15, 0.2) is 0 Å². The molecule has 0 aromatic rings. The third kappa shape index (κ3) is 2.86. The maximum atomic E-state index is 10.1. The third-order valence-electron chi connectivity index (χ3n) is 3.70. The highest BCUT2D eigenvalue weighted by atomic mass is 16.3. The van der Waals surface area contributed by atoms with Gasteiger partial charge in [0.05, 0.1) is 0 Å². The van der Waals surface area contributed by atoms with Crippen LogP contribution in [0, 0.1) is 23.2 Å². The molecule has 0 saturated heterocycles. The van der Waals surface area contributed by atoms with Crippen LogP contribution in [0.1, 0.15) is 47.0 Å². The Morgan fingerprint density at radius 2 is 2.20 bits per heavy atom. The molecule has 0 heterocycles. The molecule has 0 aromatic heterocycles. The Hall–Kier alpha value is -0.740. The van der Waals surface area contributed by atoms with Crippen LogP contribution >= 0.6 is 0 Å². The van der Waals surface area contributed by atoms with Gasteiger partial charge in [-0.05, 0) is 37.2 Å². The van der Waals surface area contributed by atoms with Gasteiger partial charge < -0.3 is 5.11 Å². The fourth-order valence-corrected chi connectivity index (χ4v) is 2.06. The lowest BCUT2D eigenvalue weighted by Crippen LogP contribution is -2.32. The van der Waals surface area contributed by atoms with Gasteiger partial charge in [-0.2, -0.15) is 0 Å². The molecular weight excluding hydrogens is 184 g/mol. The molecular formula is C14H22O. The molecule has 0 saturated carbocycles. The molecule has 15 heavy (non-hydrogen) atoms. The summed E-state index contributed by atoms with van der Waals surface area (Å²) in [6.07, 6.45) is 6.99. The molecule has 1 rings (SSSR count). The van der Waals surface area contributed by atoms with E-state index in [-0.39, 0.29) is 0 Å². The molecule has 0 aliphatic heterocycles. The monoisotopic (exact) mass is 206 g/mol. The van der Waals surface area contributed by atoms with Crippen LogP contribution in [0.25, 0.3) is 0 Å². The van der Waals surface area contributed by atoms with Crippen LogP contribution in [0.2, 0.25) is 0 Å². The van der Waals surface area contributed by atoms with E-state index in [1.54, 1.807) is 6.92 Å². The van der Waals surface area contributed by atoms with Crippen LogP contribution in [0.15, 0.2) is 12.2 Å². The molecule has 1 aliphatic rings. The Labute approximate surface area is 93.6 Å². The van der Waals surface area contributed by atoms with E-state index in [4.69, 9.17) is 0 Å². The molecule has 0 bridgehead atoms. The first kappa shape index (κ1) is 12.3. The number of aliphatic hydroxyl groups is 1. The molecule has 2 unspecified atom stereocenters. The molecule has 1 nitrogen and oxygen atoms in total. The summed E-state index contributed by atoms with van der Waals surface area (Å²) in [6, 6.07) is 0. The van der Waals surface area contributed by atoms with Gasteiger partial charge in [-0.25, -0.2) is 0 Å². The lowest BCUT2D eigenvalue weighted by molar-refractivity contribution is 0.107. The Morgan fingerprint density at radius 1 is 1.53 bits per heavy atom. The highest BCUT2D eigenvalue weighted by Gasteiger charge is 2.33. The zero-order chi connectivity index (χ0) is 11.5. The van der Waals surface area contributed by atoms with E-state index in [1.807, 2.05) is 6.08 Å². The Bertz CT molecular complexity index is 303. The van der Waals surface area contributed by atoms with Gasteiger partial charge in [0.2, 0.25) is 0 Å². The minimum absolute atomic E-state index is 0.331. The van der Waals surface area contributed by atoms with E-state index in [1.165, 1.54) is 6.42 Å². The standard InChI is InChI=1S/C14H22O/c1-5-9-14(15)10-7-12(8-11-14)13(3,4)6-2/h7,10,12,15H,6,8,11H2,1-4H3. The van der Waals surface area contributed by atoms with Crippen LogP contribution < -0.4 is 0 Å². The number of allylic oxidation sites excluding steroid dienone is 1. The molecule has 0 amide bonds. The van der Waals surface area contributed by atoms with Crippen molar-refractivity contribution in [1.29, 1.82) is 0 Å². The summed E-state index contributed by atoms with van der Waals surface area (Å²) in [6.45, 7) is 8.57. The van der Waals surface area contributed by atoms with Gasteiger partial charge in [0, 0.05) is 0 Å². The molecule has 0 aromatic carbocycles. The van der Waals surface area contributed by atoms with E-state index >= 15 is 0 Å². The van der Waals surface area contributed by atoms with Crippen LogP contribution in [-0.4, -0.2) is 10.7 Å². The maximum absolute atomic E-state index is 10.1. The molecule has 0 spiro atoms. The normalized spacial score (nSPS) is 30.9. The minimum Gasteiger partial charge on any atom is -0.374 e. The van der Waals surface area contributed by atoms with E-state index in [0.717, 1.165) is 12.8 Å². The van der Waals surface area contributed by atoms with Crippen molar-refractivity contribution >= 4 is 0 Å². The zero-order valence-corrected chi connectivity index (χ0v) is 10.3. The van der Waals surface area contributed by atoms with Crippen LogP contribution in [0.3, 0.4) is 0 Å². The van der Waals surface area contributed by atoms with Gasteiger partial charge in [-0.1, -0.05) is 39.2 Å². The van der Waals surface area contributed by atoms with Gasteiger partial charge >= 0.3 is 0 Å². The quantitative estimate of drug-likeness (QED) is 0.543. The summed E-state index contributed by atoms with van der Waals surface area (Å²) in [7, 11) is 0. The first-order valence-electron chi connectivity index (χ1n) is 5.79. The fraction of sp³-hybridized carbons (Fsp3) is 0.714. The second-order valence-electron chi connectivity index (χ2n) is 5.15. The van der Waals surface area contributed by atoms with E-state index in [2.05, 4.69) is 38.7 Å². The van der Waals surface area contributed by atoms with Gasteiger partial charge in [0.1, 0.15) is 5.60 Å². The van der Waals surface area contributed by atoms with Crippen molar-refractivity contribution in [2.24, 2.45) is 11.3 Å². The summed E-state index contributed by atoms with van der Waals surface area (Å²) >= 11 is 0. The molecule has 2 atom stereocenters. The second-order valence-corrected chi connectivity index (χ2v) is 5.15. The first-order valence-corrected chi connectivity index (χ1v) is 5.79. The Balaban J connectivity index is 2.77. The maximum Gasteiger partial charge on any atom is 0.144 e. The van der Waals surface area contributed by atoms with Crippen molar-refractivity contribution in [1.82, 2.24) is 0 Å². The van der Waals surface area contributed by atoms with Crippen molar-refractivity contribution < 1.29 is 5.11 Å². The number of hydrogen-bond acceptors (Lipinski definition) is 1. The number of hydrogen-bond donors (Lipinski definition) is 1. The van der Waals surface area contributed by atoms with Crippen molar-refractivity contribution in [3.8, 4) is 11.8 Å². The van der Waals surface area contributed by atoms with Crippen molar-refractivity contribution in [3.05, 3.63) is 12.2 Å². The van der Waals surface area contributed by atoms with Crippen molar-refractivity contribution in [2.45, 2.75) is 52.6 Å². The van der Waals surface area contributed by atoms with Gasteiger partial charge in [-0.3, -0.25) is 0 Å².